The molecule has 2 heterocycles. The van der Waals surface area contributed by atoms with E-state index in [4.69, 9.17) is 0 Å². The Bertz CT molecular complexity index is 389. The number of amides is 3. The van der Waals surface area contributed by atoms with Crippen molar-refractivity contribution in [1.82, 2.24) is 20.4 Å². The van der Waals surface area contributed by atoms with Crippen LogP contribution in [0.5, 0.6) is 0 Å². The van der Waals surface area contributed by atoms with Gasteiger partial charge in [-0.15, -0.1) is 10.2 Å². The van der Waals surface area contributed by atoms with Crippen molar-refractivity contribution in [2.24, 2.45) is 0 Å². The van der Waals surface area contributed by atoms with Gasteiger partial charge < -0.3 is 4.90 Å². The lowest BCUT2D eigenvalue weighted by atomic mass is 10.5. The topological polar surface area (TPSA) is 75.2 Å². The summed E-state index contributed by atoms with van der Waals surface area (Å²) in [6, 6.07) is -0.358. The van der Waals surface area contributed by atoms with Gasteiger partial charge in [-0.3, -0.25) is 10.1 Å². The first-order chi connectivity index (χ1) is 6.65. The smallest absolute Gasteiger partial charge is 0.308 e. The van der Waals surface area contributed by atoms with Crippen molar-refractivity contribution in [3.8, 4) is 0 Å². The molecule has 7 heteroatoms. The minimum atomic E-state index is -0.358. The van der Waals surface area contributed by atoms with E-state index in [1.165, 1.54) is 16.2 Å². The van der Waals surface area contributed by atoms with Gasteiger partial charge in [-0.2, -0.15) is 0 Å². The number of carbonyl (C=O) groups excluding carboxylic acids is 2. The molecular formula is C7H8N4O2S. The zero-order valence-corrected chi connectivity index (χ0v) is 8.30. The van der Waals surface area contributed by atoms with E-state index in [1.54, 1.807) is 0 Å². The number of imide groups is 1. The molecule has 74 valence electrons. The lowest BCUT2D eigenvalue weighted by molar-refractivity contribution is -0.118. The van der Waals surface area contributed by atoms with Crippen LogP contribution in [0.2, 0.25) is 0 Å². The fourth-order valence-corrected chi connectivity index (χ4v) is 1.90. The number of hydrogen-bond donors (Lipinski definition) is 1. The second kappa shape index (κ2) is 3.33. The predicted molar refractivity (Wildman–Crippen MR) is 48.6 cm³/mol. The van der Waals surface area contributed by atoms with Crippen LogP contribution in [-0.4, -0.2) is 33.6 Å². The fourth-order valence-electron chi connectivity index (χ4n) is 1.18. The molecule has 0 saturated carbocycles. The number of hydrogen-bond acceptors (Lipinski definition) is 5. The molecule has 1 aliphatic heterocycles. The first-order valence-corrected chi connectivity index (χ1v) is 4.84. The lowest BCUT2D eigenvalue weighted by Gasteiger charge is -2.09. The summed E-state index contributed by atoms with van der Waals surface area (Å²) in [5, 5.41) is 11.5. The Morgan fingerprint density at radius 1 is 1.50 bits per heavy atom. The van der Waals surface area contributed by atoms with E-state index in [-0.39, 0.29) is 18.5 Å². The third-order valence-electron chi connectivity index (χ3n) is 1.76. The lowest BCUT2D eigenvalue weighted by Crippen LogP contribution is -2.27. The van der Waals surface area contributed by atoms with Gasteiger partial charge in [0, 0.05) is 0 Å². The molecular weight excluding hydrogens is 204 g/mol. The molecule has 6 nitrogen and oxygen atoms in total. The van der Waals surface area contributed by atoms with Crippen LogP contribution < -0.4 is 5.32 Å². The fraction of sp³-hybridized carbons (Fsp3) is 0.429. The van der Waals surface area contributed by atoms with E-state index in [0.29, 0.717) is 6.54 Å². The molecule has 1 N–H and O–H groups in total. The third-order valence-corrected chi connectivity index (χ3v) is 2.59. The monoisotopic (exact) mass is 212 g/mol. The molecule has 0 bridgehead atoms. The van der Waals surface area contributed by atoms with Gasteiger partial charge >= 0.3 is 6.03 Å². The van der Waals surface area contributed by atoms with Crippen molar-refractivity contribution in [2.75, 3.05) is 6.54 Å². The van der Waals surface area contributed by atoms with Crippen LogP contribution in [0.3, 0.4) is 0 Å². The van der Waals surface area contributed by atoms with Crippen molar-refractivity contribution in [3.05, 3.63) is 10.0 Å². The molecule has 1 aliphatic rings. The van der Waals surface area contributed by atoms with Crippen LogP contribution in [0.4, 0.5) is 4.79 Å². The number of aryl methyl sites for hydroxylation is 1. The van der Waals surface area contributed by atoms with Gasteiger partial charge in [-0.25, -0.2) is 4.79 Å². The SMILES string of the molecule is Cc1nnc(CN2CC(=O)NC2=O)s1. The predicted octanol–water partition coefficient (Wildman–Crippen LogP) is -0.102. The number of rotatable bonds is 2. The van der Waals surface area contributed by atoms with Crippen molar-refractivity contribution in [2.45, 2.75) is 13.5 Å². The molecule has 1 saturated heterocycles. The maximum atomic E-state index is 11.1. The Hall–Kier alpha value is -1.50. The van der Waals surface area contributed by atoms with Crippen molar-refractivity contribution >= 4 is 23.3 Å². The summed E-state index contributed by atoms with van der Waals surface area (Å²) in [7, 11) is 0. The minimum Gasteiger partial charge on any atom is -0.308 e. The molecule has 1 fully saturated rings. The van der Waals surface area contributed by atoms with Crippen LogP contribution in [0, 0.1) is 6.92 Å². The Morgan fingerprint density at radius 2 is 2.29 bits per heavy atom. The molecule has 3 amide bonds. The number of nitrogens with zero attached hydrogens (tertiary/aromatic N) is 3. The summed E-state index contributed by atoms with van der Waals surface area (Å²) in [6.07, 6.45) is 0. The zero-order valence-electron chi connectivity index (χ0n) is 7.48. The first-order valence-electron chi connectivity index (χ1n) is 4.03. The molecule has 0 aliphatic carbocycles. The van der Waals surface area contributed by atoms with Crippen LogP contribution >= 0.6 is 11.3 Å². The van der Waals surface area contributed by atoms with Crippen LogP contribution in [-0.2, 0) is 11.3 Å². The number of aromatic nitrogens is 2. The molecule has 0 unspecified atom stereocenters. The summed E-state index contributed by atoms with van der Waals surface area (Å²) >= 11 is 1.42. The standard InChI is InChI=1S/C7H8N4O2S/c1-4-9-10-6(14-4)3-11-2-5(12)8-7(11)13/h2-3H2,1H3,(H,8,12,13). The molecule has 14 heavy (non-hydrogen) atoms. The van der Waals surface area contributed by atoms with Gasteiger partial charge in [-0.1, -0.05) is 11.3 Å². The summed E-state index contributed by atoms with van der Waals surface area (Å²) in [6.45, 7) is 2.30. The molecule has 0 radical (unpaired) electrons. The quantitative estimate of drug-likeness (QED) is 0.694. The Morgan fingerprint density at radius 3 is 2.79 bits per heavy atom. The largest absolute Gasteiger partial charge is 0.324 e. The average Bonchev–Trinajstić information content (AvgIpc) is 2.61. The highest BCUT2D eigenvalue weighted by Gasteiger charge is 2.27. The highest BCUT2D eigenvalue weighted by Crippen LogP contribution is 2.12. The number of nitrogens with one attached hydrogen (secondary N) is 1. The van der Waals surface area contributed by atoms with Gasteiger partial charge in [0.25, 0.3) is 0 Å². The van der Waals surface area contributed by atoms with Crippen molar-refractivity contribution in [3.63, 3.8) is 0 Å². The molecule has 1 aromatic rings. The van der Waals surface area contributed by atoms with Gasteiger partial charge in [0.15, 0.2) is 0 Å². The highest BCUT2D eigenvalue weighted by atomic mass is 32.1. The average molecular weight is 212 g/mol. The molecule has 2 rings (SSSR count). The third kappa shape index (κ3) is 1.72. The first kappa shape index (κ1) is 9.07. The zero-order chi connectivity index (χ0) is 10.1. The minimum absolute atomic E-state index is 0.109. The van der Waals surface area contributed by atoms with Crippen LogP contribution in [0.15, 0.2) is 0 Å². The van der Waals surface area contributed by atoms with Gasteiger partial charge in [-0.05, 0) is 6.92 Å². The molecule has 0 spiro atoms. The maximum absolute atomic E-state index is 11.1. The van der Waals surface area contributed by atoms with Crippen LogP contribution in [0.1, 0.15) is 10.0 Å². The highest BCUT2D eigenvalue weighted by molar-refractivity contribution is 7.11. The van der Waals surface area contributed by atoms with Crippen molar-refractivity contribution in [1.29, 1.82) is 0 Å². The second-order valence-electron chi connectivity index (χ2n) is 2.92. The van der Waals surface area contributed by atoms with E-state index in [9.17, 15) is 9.59 Å². The van der Waals surface area contributed by atoms with Gasteiger partial charge in [0.1, 0.15) is 16.6 Å². The molecule has 0 atom stereocenters. The molecule has 0 aromatic carbocycles. The summed E-state index contributed by atoms with van der Waals surface area (Å²) in [5.74, 6) is -0.267. The Kier molecular flexibility index (Phi) is 2.16. The van der Waals surface area contributed by atoms with E-state index < -0.39 is 0 Å². The maximum Gasteiger partial charge on any atom is 0.324 e. The van der Waals surface area contributed by atoms with Gasteiger partial charge in [0.2, 0.25) is 5.91 Å². The molecule has 1 aromatic heterocycles. The van der Waals surface area contributed by atoms with E-state index in [0.717, 1.165) is 10.0 Å². The van der Waals surface area contributed by atoms with E-state index in [1.807, 2.05) is 6.92 Å². The van der Waals surface area contributed by atoms with E-state index in [2.05, 4.69) is 15.5 Å². The number of carbonyl (C=O) groups is 2. The summed E-state index contributed by atoms with van der Waals surface area (Å²) < 4.78 is 0. The Labute approximate surface area is 83.9 Å². The number of urea groups is 1. The van der Waals surface area contributed by atoms with Crippen LogP contribution in [0.25, 0.3) is 0 Å². The summed E-state index contributed by atoms with van der Waals surface area (Å²) in [5.41, 5.74) is 0. The van der Waals surface area contributed by atoms with E-state index >= 15 is 0 Å². The van der Waals surface area contributed by atoms with Gasteiger partial charge in [0.05, 0.1) is 6.54 Å². The van der Waals surface area contributed by atoms with Crippen molar-refractivity contribution < 1.29 is 9.59 Å². The summed E-state index contributed by atoms with van der Waals surface area (Å²) in [4.78, 5) is 23.4. The normalized spacial score (nSPS) is 16.2. The Balaban J connectivity index is 2.05. The second-order valence-corrected chi connectivity index (χ2v) is 4.19.